The molecule has 0 saturated heterocycles. The number of rotatable bonds is 9. The molecule has 0 unspecified atom stereocenters. The van der Waals surface area contributed by atoms with Crippen molar-refractivity contribution in [1.82, 2.24) is 9.62 Å². The van der Waals surface area contributed by atoms with Crippen LogP contribution in [-0.4, -0.2) is 53.0 Å². The van der Waals surface area contributed by atoms with E-state index in [1.807, 2.05) is 19.1 Å². The first-order valence-corrected chi connectivity index (χ1v) is 11.1. The highest BCUT2D eigenvalue weighted by atomic mass is 32.2. The number of hydrogen-bond acceptors (Lipinski definition) is 5. The number of carbonyl (C=O) groups is 1. The summed E-state index contributed by atoms with van der Waals surface area (Å²) in [6.45, 7) is 6.56. The van der Waals surface area contributed by atoms with Crippen molar-refractivity contribution in [2.45, 2.75) is 31.6 Å². The Morgan fingerprint density at radius 3 is 2.30 bits per heavy atom. The SMILES string of the molecule is COc1cc(C)c(C(=O)NCCOc2ccc(S(=O)(=O)N(C)C)cc2)cc1C(C)C. The Bertz CT molecular complexity index is 983. The molecule has 7 nitrogen and oxygen atoms in total. The van der Waals surface area contributed by atoms with Crippen molar-refractivity contribution in [1.29, 1.82) is 0 Å². The monoisotopic (exact) mass is 434 g/mol. The molecule has 2 aromatic rings. The second kappa shape index (κ2) is 9.95. The van der Waals surface area contributed by atoms with Crippen LogP contribution in [0.25, 0.3) is 0 Å². The number of sulfonamides is 1. The summed E-state index contributed by atoms with van der Waals surface area (Å²) in [6.07, 6.45) is 0. The summed E-state index contributed by atoms with van der Waals surface area (Å²) >= 11 is 0. The Morgan fingerprint density at radius 1 is 1.13 bits per heavy atom. The largest absolute Gasteiger partial charge is 0.496 e. The van der Waals surface area contributed by atoms with Crippen LogP contribution in [-0.2, 0) is 10.0 Å². The van der Waals surface area contributed by atoms with E-state index >= 15 is 0 Å². The summed E-state index contributed by atoms with van der Waals surface area (Å²) in [5.41, 5.74) is 2.43. The van der Waals surface area contributed by atoms with Gasteiger partial charge in [0.05, 0.1) is 18.6 Å². The van der Waals surface area contributed by atoms with Crippen molar-refractivity contribution in [2.24, 2.45) is 0 Å². The lowest BCUT2D eigenvalue weighted by molar-refractivity contribution is 0.0946. The van der Waals surface area contributed by atoms with Gasteiger partial charge in [0.1, 0.15) is 18.1 Å². The van der Waals surface area contributed by atoms with E-state index < -0.39 is 10.0 Å². The fourth-order valence-electron chi connectivity index (χ4n) is 2.92. The van der Waals surface area contributed by atoms with Crippen LogP contribution in [0, 0.1) is 6.92 Å². The van der Waals surface area contributed by atoms with E-state index in [-0.39, 0.29) is 23.3 Å². The highest BCUT2D eigenvalue weighted by Gasteiger charge is 2.17. The lowest BCUT2D eigenvalue weighted by Crippen LogP contribution is -2.28. The van der Waals surface area contributed by atoms with Crippen LogP contribution in [0.15, 0.2) is 41.3 Å². The summed E-state index contributed by atoms with van der Waals surface area (Å²) < 4.78 is 36.3. The first-order chi connectivity index (χ1) is 14.1. The smallest absolute Gasteiger partial charge is 0.251 e. The number of hydrogen-bond donors (Lipinski definition) is 1. The lowest BCUT2D eigenvalue weighted by Gasteiger charge is -2.16. The van der Waals surface area contributed by atoms with Crippen molar-refractivity contribution in [3.63, 3.8) is 0 Å². The summed E-state index contributed by atoms with van der Waals surface area (Å²) in [7, 11) is 1.12. The Kier molecular flexibility index (Phi) is 7.86. The van der Waals surface area contributed by atoms with Crippen LogP contribution in [0.5, 0.6) is 11.5 Å². The minimum Gasteiger partial charge on any atom is -0.496 e. The number of amides is 1. The van der Waals surface area contributed by atoms with Crippen LogP contribution in [0.4, 0.5) is 0 Å². The van der Waals surface area contributed by atoms with Gasteiger partial charge in [0.2, 0.25) is 10.0 Å². The van der Waals surface area contributed by atoms with E-state index in [0.29, 0.717) is 17.9 Å². The number of methoxy groups -OCH3 is 1. The van der Waals surface area contributed by atoms with Crippen molar-refractivity contribution in [3.8, 4) is 11.5 Å². The number of nitrogens with one attached hydrogen (secondary N) is 1. The molecule has 0 radical (unpaired) electrons. The molecule has 0 atom stereocenters. The van der Waals surface area contributed by atoms with Crippen molar-refractivity contribution in [3.05, 3.63) is 53.1 Å². The summed E-state index contributed by atoms with van der Waals surface area (Å²) in [6, 6.07) is 9.94. The Hall–Kier alpha value is -2.58. The molecule has 8 heteroatoms. The first-order valence-electron chi connectivity index (χ1n) is 9.70. The molecule has 0 aliphatic rings. The van der Waals surface area contributed by atoms with E-state index in [1.54, 1.807) is 19.2 Å². The number of aryl methyl sites for hydroxylation is 1. The molecule has 0 spiro atoms. The molecule has 0 aromatic heterocycles. The fourth-order valence-corrected chi connectivity index (χ4v) is 3.82. The molecular weight excluding hydrogens is 404 g/mol. The van der Waals surface area contributed by atoms with E-state index in [0.717, 1.165) is 21.2 Å². The van der Waals surface area contributed by atoms with Crippen molar-refractivity contribution in [2.75, 3.05) is 34.4 Å². The van der Waals surface area contributed by atoms with E-state index in [4.69, 9.17) is 9.47 Å². The first kappa shape index (κ1) is 23.7. The highest BCUT2D eigenvalue weighted by molar-refractivity contribution is 7.89. The van der Waals surface area contributed by atoms with Gasteiger partial charge in [-0.25, -0.2) is 12.7 Å². The quantitative estimate of drug-likeness (QED) is 0.613. The van der Waals surface area contributed by atoms with Gasteiger partial charge in [0.15, 0.2) is 0 Å². The van der Waals surface area contributed by atoms with Crippen molar-refractivity contribution >= 4 is 15.9 Å². The zero-order valence-electron chi connectivity index (χ0n) is 18.4. The second-order valence-electron chi connectivity index (χ2n) is 7.43. The molecular formula is C22H30N2O5S. The fraction of sp³-hybridized carbons (Fsp3) is 0.409. The minimum atomic E-state index is -3.47. The average molecular weight is 435 g/mol. The molecule has 0 bridgehead atoms. The summed E-state index contributed by atoms with van der Waals surface area (Å²) in [5, 5.41) is 2.86. The summed E-state index contributed by atoms with van der Waals surface area (Å²) in [5.74, 6) is 1.37. The number of benzene rings is 2. The van der Waals surface area contributed by atoms with Crippen LogP contribution in [0.1, 0.15) is 41.3 Å². The van der Waals surface area contributed by atoms with E-state index in [2.05, 4.69) is 19.2 Å². The van der Waals surface area contributed by atoms with Gasteiger partial charge in [-0.2, -0.15) is 0 Å². The van der Waals surface area contributed by atoms with Gasteiger partial charge in [-0.3, -0.25) is 4.79 Å². The van der Waals surface area contributed by atoms with Gasteiger partial charge < -0.3 is 14.8 Å². The number of carbonyl (C=O) groups excluding carboxylic acids is 1. The molecule has 164 valence electrons. The molecule has 1 N–H and O–H groups in total. The molecule has 30 heavy (non-hydrogen) atoms. The molecule has 0 heterocycles. The zero-order valence-corrected chi connectivity index (χ0v) is 19.2. The van der Waals surface area contributed by atoms with Crippen LogP contribution in [0.2, 0.25) is 0 Å². The van der Waals surface area contributed by atoms with Gasteiger partial charge in [0.25, 0.3) is 5.91 Å². The van der Waals surface area contributed by atoms with Crippen molar-refractivity contribution < 1.29 is 22.7 Å². The molecule has 2 aromatic carbocycles. The van der Waals surface area contributed by atoms with Gasteiger partial charge >= 0.3 is 0 Å². The van der Waals surface area contributed by atoms with Crippen LogP contribution >= 0.6 is 0 Å². The molecule has 0 fully saturated rings. The van der Waals surface area contributed by atoms with E-state index in [9.17, 15) is 13.2 Å². The van der Waals surface area contributed by atoms with Gasteiger partial charge in [-0.1, -0.05) is 13.8 Å². The standard InChI is InChI=1S/C22H30N2O5S/c1-15(2)19-14-20(16(3)13-21(19)28-6)22(25)23-11-12-29-17-7-9-18(10-8-17)30(26,27)24(4)5/h7-10,13-15H,11-12H2,1-6H3,(H,23,25). The molecule has 2 rings (SSSR count). The normalized spacial score (nSPS) is 11.6. The second-order valence-corrected chi connectivity index (χ2v) is 9.58. The average Bonchev–Trinajstić information content (AvgIpc) is 2.70. The number of ether oxygens (including phenoxy) is 2. The third-order valence-corrected chi connectivity index (χ3v) is 6.53. The number of nitrogens with zero attached hydrogens (tertiary/aromatic N) is 1. The lowest BCUT2D eigenvalue weighted by atomic mass is 9.96. The summed E-state index contributed by atoms with van der Waals surface area (Å²) in [4.78, 5) is 12.8. The maximum absolute atomic E-state index is 12.6. The van der Waals surface area contributed by atoms with E-state index in [1.165, 1.54) is 26.2 Å². The Morgan fingerprint density at radius 2 is 1.77 bits per heavy atom. The molecule has 0 aliphatic carbocycles. The third-order valence-electron chi connectivity index (χ3n) is 4.70. The van der Waals surface area contributed by atoms with Gasteiger partial charge in [-0.05, 0) is 60.4 Å². The van der Waals surface area contributed by atoms with Crippen LogP contribution in [0.3, 0.4) is 0 Å². The Labute approximate surface area is 179 Å². The predicted molar refractivity (Wildman–Crippen MR) is 117 cm³/mol. The maximum Gasteiger partial charge on any atom is 0.251 e. The Balaban J connectivity index is 1.95. The topological polar surface area (TPSA) is 84.9 Å². The molecule has 0 aliphatic heterocycles. The highest BCUT2D eigenvalue weighted by Crippen LogP contribution is 2.29. The molecule has 0 saturated carbocycles. The molecule has 1 amide bonds. The maximum atomic E-state index is 12.6. The van der Waals surface area contributed by atoms with Crippen LogP contribution < -0.4 is 14.8 Å². The predicted octanol–water partition coefficient (Wildman–Crippen LogP) is 3.19. The van der Waals surface area contributed by atoms with Gasteiger partial charge in [0, 0.05) is 19.7 Å². The minimum absolute atomic E-state index is 0.173. The van der Waals surface area contributed by atoms with Gasteiger partial charge in [-0.15, -0.1) is 0 Å². The zero-order chi connectivity index (χ0) is 22.5. The third kappa shape index (κ3) is 5.52.